The van der Waals surface area contributed by atoms with Crippen LogP contribution in [0.5, 0.6) is 0 Å². The van der Waals surface area contributed by atoms with Crippen LogP contribution in [0.2, 0.25) is 0 Å². The Bertz CT molecular complexity index is 448. The molecule has 0 spiro atoms. The number of hydrogen-bond acceptors (Lipinski definition) is 3. The predicted octanol–water partition coefficient (Wildman–Crippen LogP) is 2.27. The number of aliphatic hydroxyl groups is 1. The van der Waals surface area contributed by atoms with Crippen molar-refractivity contribution in [2.45, 2.75) is 18.9 Å². The molecule has 3 aliphatic heterocycles. The zero-order chi connectivity index (χ0) is 11.8. The van der Waals surface area contributed by atoms with Crippen LogP contribution in [0.4, 0.5) is 0 Å². The van der Waals surface area contributed by atoms with E-state index in [-0.39, 0.29) is 6.10 Å². The predicted molar refractivity (Wildman–Crippen MR) is 70.2 cm³/mol. The van der Waals surface area contributed by atoms with Crippen molar-refractivity contribution in [3.8, 4) is 0 Å². The molecule has 0 aromatic carbocycles. The lowest BCUT2D eigenvalue weighted by Crippen LogP contribution is -2.48. The van der Waals surface area contributed by atoms with Crippen molar-refractivity contribution >= 4 is 22.0 Å². The van der Waals surface area contributed by atoms with Crippen molar-refractivity contribution in [3.63, 3.8) is 0 Å². The molecule has 4 heteroatoms. The third kappa shape index (κ3) is 2.11. The van der Waals surface area contributed by atoms with E-state index >= 15 is 0 Å². The molecule has 3 fully saturated rings. The van der Waals surface area contributed by atoms with Gasteiger partial charge in [0, 0.05) is 35.7 Å². The minimum atomic E-state index is -0.295. The van der Waals surface area contributed by atoms with Crippen molar-refractivity contribution in [3.05, 3.63) is 34.2 Å². The minimum absolute atomic E-state index is 0.295. The van der Waals surface area contributed by atoms with E-state index in [1.807, 2.05) is 12.3 Å². The van der Waals surface area contributed by atoms with Crippen molar-refractivity contribution in [1.82, 2.24) is 9.88 Å². The zero-order valence-electron chi connectivity index (χ0n) is 9.51. The Hall–Kier alpha value is -0.870. The van der Waals surface area contributed by atoms with Gasteiger partial charge in [0.2, 0.25) is 0 Å². The molecular formula is C13H15BrN2O. The van der Waals surface area contributed by atoms with Gasteiger partial charge in [-0.25, -0.2) is 0 Å². The van der Waals surface area contributed by atoms with Gasteiger partial charge in [-0.15, -0.1) is 0 Å². The fourth-order valence-electron chi connectivity index (χ4n) is 2.76. The lowest BCUT2D eigenvalue weighted by atomic mass is 9.83. The number of pyridine rings is 1. The fourth-order valence-corrected chi connectivity index (χ4v) is 3.14. The SMILES string of the molecule is OC1/C(=C/c2cncc(Br)c2)N2CCC1CC2. The lowest BCUT2D eigenvalue weighted by molar-refractivity contribution is 0.0215. The highest BCUT2D eigenvalue weighted by Gasteiger charge is 2.36. The molecule has 2 bridgehead atoms. The summed E-state index contributed by atoms with van der Waals surface area (Å²) in [5.41, 5.74) is 2.10. The Kier molecular flexibility index (Phi) is 2.92. The van der Waals surface area contributed by atoms with Crippen LogP contribution in [0.1, 0.15) is 18.4 Å². The summed E-state index contributed by atoms with van der Waals surface area (Å²) in [6.07, 6.45) is 7.61. The molecule has 3 nitrogen and oxygen atoms in total. The number of aromatic nitrogens is 1. The molecule has 1 aromatic heterocycles. The summed E-state index contributed by atoms with van der Waals surface area (Å²) in [5.74, 6) is 0.450. The number of piperidine rings is 3. The first kappa shape index (κ1) is 11.2. The van der Waals surface area contributed by atoms with Crippen LogP contribution < -0.4 is 0 Å². The maximum Gasteiger partial charge on any atom is 0.0965 e. The van der Waals surface area contributed by atoms with Gasteiger partial charge in [0.1, 0.15) is 0 Å². The summed E-state index contributed by atoms with van der Waals surface area (Å²) in [7, 11) is 0. The Morgan fingerprint density at radius 3 is 2.76 bits per heavy atom. The van der Waals surface area contributed by atoms with E-state index in [0.29, 0.717) is 5.92 Å². The second-order valence-electron chi connectivity index (χ2n) is 4.78. The van der Waals surface area contributed by atoms with Gasteiger partial charge in [-0.2, -0.15) is 0 Å². The third-order valence-electron chi connectivity index (χ3n) is 3.69. The van der Waals surface area contributed by atoms with Gasteiger partial charge >= 0.3 is 0 Å². The minimum Gasteiger partial charge on any atom is -0.387 e. The van der Waals surface area contributed by atoms with Crippen LogP contribution in [-0.2, 0) is 0 Å². The summed E-state index contributed by atoms with van der Waals surface area (Å²) in [6, 6.07) is 2.02. The number of aliphatic hydroxyl groups excluding tert-OH is 1. The Balaban J connectivity index is 1.93. The summed E-state index contributed by atoms with van der Waals surface area (Å²) < 4.78 is 0.970. The van der Waals surface area contributed by atoms with Crippen LogP contribution in [0.3, 0.4) is 0 Å². The first-order valence-corrected chi connectivity index (χ1v) is 6.78. The van der Waals surface area contributed by atoms with Gasteiger partial charge in [0.15, 0.2) is 0 Å². The number of fused-ring (bicyclic) bond motifs is 3. The second-order valence-corrected chi connectivity index (χ2v) is 5.69. The van der Waals surface area contributed by atoms with Crippen molar-refractivity contribution in [1.29, 1.82) is 0 Å². The molecule has 1 atom stereocenters. The van der Waals surface area contributed by atoms with Crippen molar-refractivity contribution in [2.75, 3.05) is 13.1 Å². The zero-order valence-corrected chi connectivity index (χ0v) is 11.1. The standard InChI is InChI=1S/C13H15BrN2O/c14-11-5-9(7-15-8-11)6-12-13(17)10-1-3-16(12)4-2-10/h5-8,10,13,17H,1-4H2/b12-6-. The Labute approximate surface area is 109 Å². The van der Waals surface area contributed by atoms with Crippen molar-refractivity contribution in [2.24, 2.45) is 5.92 Å². The Morgan fingerprint density at radius 1 is 1.35 bits per heavy atom. The molecule has 4 rings (SSSR count). The van der Waals surface area contributed by atoms with E-state index in [4.69, 9.17) is 0 Å². The fraction of sp³-hybridized carbons (Fsp3) is 0.462. The number of rotatable bonds is 1. The van der Waals surface area contributed by atoms with Crippen LogP contribution in [-0.4, -0.2) is 34.2 Å². The first-order valence-electron chi connectivity index (χ1n) is 5.99. The molecule has 0 aliphatic carbocycles. The van der Waals surface area contributed by atoms with E-state index in [0.717, 1.165) is 41.7 Å². The van der Waals surface area contributed by atoms with Gasteiger partial charge in [0.25, 0.3) is 0 Å². The molecule has 1 unspecified atom stereocenters. The molecule has 3 aliphatic rings. The summed E-state index contributed by atoms with van der Waals surface area (Å²) in [4.78, 5) is 6.44. The highest BCUT2D eigenvalue weighted by atomic mass is 79.9. The molecule has 1 N–H and O–H groups in total. The van der Waals surface area contributed by atoms with Gasteiger partial charge in [0.05, 0.1) is 6.10 Å². The quantitative estimate of drug-likeness (QED) is 0.863. The summed E-state index contributed by atoms with van der Waals surface area (Å²) in [5, 5.41) is 10.2. The topological polar surface area (TPSA) is 36.4 Å². The largest absolute Gasteiger partial charge is 0.387 e. The number of hydrogen-bond donors (Lipinski definition) is 1. The highest BCUT2D eigenvalue weighted by molar-refractivity contribution is 9.10. The van der Waals surface area contributed by atoms with Crippen LogP contribution in [0, 0.1) is 5.92 Å². The summed E-state index contributed by atoms with van der Waals surface area (Å²) in [6.45, 7) is 2.16. The third-order valence-corrected chi connectivity index (χ3v) is 4.13. The van der Waals surface area contributed by atoms with E-state index in [9.17, 15) is 5.11 Å². The molecule has 4 heterocycles. The van der Waals surface area contributed by atoms with E-state index in [1.54, 1.807) is 6.20 Å². The van der Waals surface area contributed by atoms with Gasteiger partial charge < -0.3 is 10.0 Å². The van der Waals surface area contributed by atoms with Crippen LogP contribution in [0.15, 0.2) is 28.6 Å². The maximum absolute atomic E-state index is 10.2. The second kappa shape index (κ2) is 4.42. The molecule has 0 radical (unpaired) electrons. The molecule has 0 saturated carbocycles. The average Bonchev–Trinajstić information content (AvgIpc) is 2.34. The van der Waals surface area contributed by atoms with E-state index in [2.05, 4.69) is 31.9 Å². The van der Waals surface area contributed by atoms with Crippen LogP contribution >= 0.6 is 15.9 Å². The monoisotopic (exact) mass is 294 g/mol. The molecule has 17 heavy (non-hydrogen) atoms. The van der Waals surface area contributed by atoms with Gasteiger partial charge in [-0.3, -0.25) is 4.98 Å². The van der Waals surface area contributed by atoms with E-state index < -0.39 is 0 Å². The number of halogens is 1. The normalized spacial score (nSPS) is 30.0. The maximum atomic E-state index is 10.2. The highest BCUT2D eigenvalue weighted by Crippen LogP contribution is 2.35. The Morgan fingerprint density at radius 2 is 2.12 bits per heavy atom. The number of nitrogens with zero attached hydrogens (tertiary/aromatic N) is 2. The molecular weight excluding hydrogens is 280 g/mol. The van der Waals surface area contributed by atoms with E-state index in [1.165, 1.54) is 0 Å². The van der Waals surface area contributed by atoms with Gasteiger partial charge in [-0.1, -0.05) is 0 Å². The van der Waals surface area contributed by atoms with Gasteiger partial charge in [-0.05, 0) is 52.4 Å². The molecule has 3 saturated heterocycles. The smallest absolute Gasteiger partial charge is 0.0965 e. The molecule has 0 amide bonds. The average molecular weight is 295 g/mol. The first-order chi connectivity index (χ1) is 8.24. The van der Waals surface area contributed by atoms with Crippen LogP contribution in [0.25, 0.3) is 6.08 Å². The lowest BCUT2D eigenvalue weighted by Gasteiger charge is -2.45. The molecule has 1 aromatic rings. The summed E-state index contributed by atoms with van der Waals surface area (Å²) >= 11 is 3.42. The van der Waals surface area contributed by atoms with Crippen molar-refractivity contribution < 1.29 is 5.11 Å². The molecule has 90 valence electrons.